The summed E-state index contributed by atoms with van der Waals surface area (Å²) in [5.41, 5.74) is -0.0752. The van der Waals surface area contributed by atoms with Crippen LogP contribution in [0.15, 0.2) is 22.6 Å². The van der Waals surface area contributed by atoms with Crippen molar-refractivity contribution in [1.29, 1.82) is 0 Å². The summed E-state index contributed by atoms with van der Waals surface area (Å²) in [5.74, 6) is -0.417. The summed E-state index contributed by atoms with van der Waals surface area (Å²) in [4.78, 5) is 29.8. The molecule has 0 unspecified atom stereocenters. The number of nitrogens with one attached hydrogen (secondary N) is 2. The molecule has 0 saturated heterocycles. The van der Waals surface area contributed by atoms with Crippen molar-refractivity contribution in [2.24, 2.45) is 0 Å². The number of nitrogens with zero attached hydrogens (tertiary/aromatic N) is 1. The molecule has 1 amide bonds. The van der Waals surface area contributed by atoms with Gasteiger partial charge in [0.05, 0.1) is 11.3 Å². The summed E-state index contributed by atoms with van der Waals surface area (Å²) >= 11 is 1.06. The highest BCUT2D eigenvalue weighted by Crippen LogP contribution is 2.24. The first kappa shape index (κ1) is 16.3. The zero-order chi connectivity index (χ0) is 15.1. The summed E-state index contributed by atoms with van der Waals surface area (Å²) < 4.78 is 0. The second kappa shape index (κ2) is 7.74. The Labute approximate surface area is 121 Å². The van der Waals surface area contributed by atoms with E-state index in [1.165, 1.54) is 0 Å². The van der Waals surface area contributed by atoms with Crippen LogP contribution in [-0.4, -0.2) is 33.3 Å². The number of aromatic nitrogens is 2. The number of rotatable bonds is 7. The highest BCUT2D eigenvalue weighted by atomic mass is 32.2. The van der Waals surface area contributed by atoms with Gasteiger partial charge in [-0.3, -0.25) is 9.59 Å². The zero-order valence-electron chi connectivity index (χ0n) is 11.6. The van der Waals surface area contributed by atoms with Crippen LogP contribution in [0.5, 0.6) is 5.88 Å². The molecule has 110 valence electrons. The number of H-pyrrole nitrogens is 1. The maximum atomic E-state index is 11.9. The van der Waals surface area contributed by atoms with E-state index in [4.69, 9.17) is 0 Å². The quantitative estimate of drug-likeness (QED) is 0.401. The van der Waals surface area contributed by atoms with Gasteiger partial charge in [0.15, 0.2) is 5.16 Å². The van der Waals surface area contributed by atoms with E-state index in [0.29, 0.717) is 6.54 Å². The van der Waals surface area contributed by atoms with Crippen molar-refractivity contribution in [2.75, 3.05) is 12.3 Å². The lowest BCUT2D eigenvalue weighted by Crippen LogP contribution is -2.25. The van der Waals surface area contributed by atoms with E-state index in [0.717, 1.165) is 18.2 Å². The molecule has 0 aromatic carbocycles. The molecule has 0 fully saturated rings. The number of amides is 1. The molecule has 0 aliphatic heterocycles. The maximum absolute atomic E-state index is 11.9. The van der Waals surface area contributed by atoms with Gasteiger partial charge in [-0.25, -0.2) is 0 Å². The monoisotopic (exact) mass is 297 g/mol. The molecule has 1 rings (SSSR count). The summed E-state index contributed by atoms with van der Waals surface area (Å²) in [6.45, 7) is 7.66. The fourth-order valence-corrected chi connectivity index (χ4v) is 2.22. The Morgan fingerprint density at radius 2 is 2.35 bits per heavy atom. The van der Waals surface area contributed by atoms with Crippen LogP contribution in [0.3, 0.4) is 0 Å². The van der Waals surface area contributed by atoms with Gasteiger partial charge in [0.1, 0.15) is 0 Å². The summed E-state index contributed by atoms with van der Waals surface area (Å²) in [5, 5.41) is 12.7. The Hall–Kier alpha value is -1.76. The molecule has 0 aliphatic rings. The van der Waals surface area contributed by atoms with Crippen LogP contribution in [0.25, 0.3) is 0 Å². The molecule has 0 saturated carbocycles. The van der Waals surface area contributed by atoms with Gasteiger partial charge in [-0.15, -0.1) is 6.58 Å². The number of aromatic hydroxyl groups is 1. The normalized spacial score (nSPS) is 11.9. The Bertz CT molecular complexity index is 542. The van der Waals surface area contributed by atoms with Gasteiger partial charge in [-0.2, -0.15) is 4.98 Å². The van der Waals surface area contributed by atoms with Crippen LogP contribution in [0, 0.1) is 0 Å². The highest BCUT2D eigenvalue weighted by molar-refractivity contribution is 7.99. The van der Waals surface area contributed by atoms with E-state index in [9.17, 15) is 14.7 Å². The third-order valence-electron chi connectivity index (χ3n) is 2.80. The second-order valence-electron chi connectivity index (χ2n) is 4.30. The number of carbonyl (C=O) groups is 1. The van der Waals surface area contributed by atoms with Crippen molar-refractivity contribution in [2.45, 2.75) is 31.3 Å². The average molecular weight is 297 g/mol. The topological polar surface area (TPSA) is 95.1 Å². The Balaban J connectivity index is 2.77. The lowest BCUT2D eigenvalue weighted by molar-refractivity contribution is -0.118. The molecule has 0 aliphatic carbocycles. The van der Waals surface area contributed by atoms with Crippen LogP contribution >= 0.6 is 11.8 Å². The molecule has 0 bridgehead atoms. The van der Waals surface area contributed by atoms with Crippen molar-refractivity contribution in [3.05, 3.63) is 28.6 Å². The van der Waals surface area contributed by atoms with Crippen LogP contribution < -0.4 is 10.9 Å². The molecule has 0 spiro atoms. The van der Waals surface area contributed by atoms with Crippen molar-refractivity contribution in [3.63, 3.8) is 0 Å². The first-order valence-corrected chi connectivity index (χ1v) is 7.31. The number of hydrogen-bond acceptors (Lipinski definition) is 5. The molecule has 1 heterocycles. The number of aromatic amines is 1. The van der Waals surface area contributed by atoms with Gasteiger partial charge in [-0.05, 0) is 12.3 Å². The van der Waals surface area contributed by atoms with Crippen molar-refractivity contribution in [3.8, 4) is 5.88 Å². The Morgan fingerprint density at radius 3 is 2.90 bits per heavy atom. The molecule has 7 heteroatoms. The lowest BCUT2D eigenvalue weighted by Gasteiger charge is -2.10. The van der Waals surface area contributed by atoms with Gasteiger partial charge in [0.25, 0.3) is 5.56 Å². The van der Waals surface area contributed by atoms with Gasteiger partial charge >= 0.3 is 0 Å². The van der Waals surface area contributed by atoms with Gasteiger partial charge in [0.2, 0.25) is 11.8 Å². The number of carbonyl (C=O) groups excluding carboxylic acids is 1. The minimum atomic E-state index is -0.360. The van der Waals surface area contributed by atoms with Crippen molar-refractivity contribution in [1.82, 2.24) is 15.3 Å². The van der Waals surface area contributed by atoms with Crippen LogP contribution in [-0.2, 0) is 4.79 Å². The fourth-order valence-electron chi connectivity index (χ4n) is 1.54. The molecular formula is C13H19N3O3S. The predicted octanol–water partition coefficient (Wildman–Crippen LogP) is 1.38. The first-order chi connectivity index (χ1) is 9.49. The van der Waals surface area contributed by atoms with E-state index in [1.807, 2.05) is 13.8 Å². The molecule has 6 nitrogen and oxygen atoms in total. The third-order valence-corrected chi connectivity index (χ3v) is 3.68. The number of thioether (sulfide) groups is 1. The van der Waals surface area contributed by atoms with E-state index < -0.39 is 0 Å². The van der Waals surface area contributed by atoms with Crippen molar-refractivity contribution < 1.29 is 9.90 Å². The smallest absolute Gasteiger partial charge is 0.258 e. The molecule has 1 aromatic rings. The standard InChI is InChI=1S/C13H19N3O3S/c1-4-6-14-9(17)7-20-13-15-11(18)10(8(3)5-2)12(19)16-13/h4,8H,1,5-7H2,2-3H3,(H,14,17)(H2,15,16,18,19)/t8-/m1/s1. The van der Waals surface area contributed by atoms with Crippen LogP contribution in [0.2, 0.25) is 0 Å². The molecule has 1 aromatic heterocycles. The van der Waals surface area contributed by atoms with E-state index >= 15 is 0 Å². The first-order valence-electron chi connectivity index (χ1n) is 6.33. The predicted molar refractivity (Wildman–Crippen MR) is 79.2 cm³/mol. The Morgan fingerprint density at radius 1 is 1.65 bits per heavy atom. The van der Waals surface area contributed by atoms with Gasteiger partial charge in [-0.1, -0.05) is 31.7 Å². The van der Waals surface area contributed by atoms with Gasteiger partial charge in [0, 0.05) is 6.54 Å². The van der Waals surface area contributed by atoms with Crippen LogP contribution in [0.4, 0.5) is 0 Å². The minimum Gasteiger partial charge on any atom is -0.493 e. The number of hydrogen-bond donors (Lipinski definition) is 3. The molecule has 0 radical (unpaired) electrons. The molecular weight excluding hydrogens is 278 g/mol. The fraction of sp³-hybridized carbons (Fsp3) is 0.462. The van der Waals surface area contributed by atoms with E-state index in [-0.39, 0.29) is 39.7 Å². The summed E-state index contributed by atoms with van der Waals surface area (Å²) in [7, 11) is 0. The largest absolute Gasteiger partial charge is 0.493 e. The lowest BCUT2D eigenvalue weighted by atomic mass is 10.0. The average Bonchev–Trinajstić information content (AvgIpc) is 2.41. The zero-order valence-corrected chi connectivity index (χ0v) is 12.4. The summed E-state index contributed by atoms with van der Waals surface area (Å²) in [6.07, 6.45) is 2.31. The maximum Gasteiger partial charge on any atom is 0.258 e. The minimum absolute atomic E-state index is 0.0683. The molecule has 3 N–H and O–H groups in total. The highest BCUT2D eigenvalue weighted by Gasteiger charge is 2.16. The van der Waals surface area contributed by atoms with E-state index in [2.05, 4.69) is 21.9 Å². The molecule has 20 heavy (non-hydrogen) atoms. The van der Waals surface area contributed by atoms with Crippen molar-refractivity contribution >= 4 is 17.7 Å². The Kier molecular flexibility index (Phi) is 6.30. The molecule has 1 atom stereocenters. The summed E-state index contributed by atoms with van der Waals surface area (Å²) in [6, 6.07) is 0. The van der Waals surface area contributed by atoms with Gasteiger partial charge < -0.3 is 15.4 Å². The van der Waals surface area contributed by atoms with E-state index in [1.54, 1.807) is 6.08 Å². The van der Waals surface area contributed by atoms with Crippen LogP contribution in [0.1, 0.15) is 31.7 Å². The third kappa shape index (κ3) is 4.41. The second-order valence-corrected chi connectivity index (χ2v) is 5.26. The SMILES string of the molecule is C=CCNC(=O)CSc1nc(O)c([C@H](C)CC)c(=O)[nH]1.